The molecule has 18 heavy (non-hydrogen) atoms. The number of ether oxygens (including phenoxy) is 1. The average molecular weight is 306 g/mol. The molecule has 94 valence electrons. The molecule has 0 bridgehead atoms. The predicted octanol–water partition coefficient (Wildman–Crippen LogP) is 2.10. The number of imide groups is 1. The SMILES string of the molecule is COC(=O)c1sccc1N1C(=O)C(Cl)=C(Cl)C1=O. The van der Waals surface area contributed by atoms with Crippen LogP contribution in [0.3, 0.4) is 0 Å². The number of carbonyl (C=O) groups is 3. The van der Waals surface area contributed by atoms with Gasteiger partial charge in [-0.15, -0.1) is 11.3 Å². The third-order valence-electron chi connectivity index (χ3n) is 2.23. The molecule has 0 aliphatic carbocycles. The van der Waals surface area contributed by atoms with Gasteiger partial charge in [-0.1, -0.05) is 23.2 Å². The molecule has 1 aliphatic heterocycles. The van der Waals surface area contributed by atoms with E-state index in [1.54, 1.807) is 5.38 Å². The van der Waals surface area contributed by atoms with E-state index in [-0.39, 0.29) is 20.6 Å². The van der Waals surface area contributed by atoms with Gasteiger partial charge in [0.15, 0.2) is 0 Å². The molecule has 2 rings (SSSR count). The molecule has 1 aromatic heterocycles. The molecular formula is C10H5Cl2NO4S. The van der Waals surface area contributed by atoms with Crippen LogP contribution in [0.5, 0.6) is 0 Å². The first-order chi connectivity index (χ1) is 8.49. The Morgan fingerprint density at radius 2 is 1.83 bits per heavy atom. The van der Waals surface area contributed by atoms with Crippen LogP contribution < -0.4 is 4.90 Å². The van der Waals surface area contributed by atoms with E-state index >= 15 is 0 Å². The molecule has 1 aromatic rings. The Morgan fingerprint density at radius 1 is 1.28 bits per heavy atom. The van der Waals surface area contributed by atoms with Crippen LogP contribution in [0.4, 0.5) is 5.69 Å². The van der Waals surface area contributed by atoms with Gasteiger partial charge in [0.05, 0.1) is 12.8 Å². The zero-order valence-electron chi connectivity index (χ0n) is 8.90. The second-order valence-electron chi connectivity index (χ2n) is 3.20. The molecule has 0 N–H and O–H groups in total. The monoisotopic (exact) mass is 305 g/mol. The van der Waals surface area contributed by atoms with Gasteiger partial charge in [-0.25, -0.2) is 9.69 Å². The van der Waals surface area contributed by atoms with Crippen LogP contribution in [0.1, 0.15) is 9.67 Å². The van der Waals surface area contributed by atoms with Crippen LogP contribution in [0.2, 0.25) is 0 Å². The Bertz CT molecular complexity index is 568. The molecule has 0 aromatic carbocycles. The number of amides is 2. The summed E-state index contributed by atoms with van der Waals surface area (Å²) < 4.78 is 4.56. The Labute approximate surface area is 116 Å². The highest BCUT2D eigenvalue weighted by atomic mass is 35.5. The smallest absolute Gasteiger partial charge is 0.350 e. The fourth-order valence-electron chi connectivity index (χ4n) is 1.42. The van der Waals surface area contributed by atoms with Crippen molar-refractivity contribution in [2.24, 2.45) is 0 Å². The fraction of sp³-hybridized carbons (Fsp3) is 0.100. The summed E-state index contributed by atoms with van der Waals surface area (Å²) in [5, 5.41) is 0.842. The van der Waals surface area contributed by atoms with Crippen molar-refractivity contribution < 1.29 is 19.1 Å². The van der Waals surface area contributed by atoms with E-state index in [0.29, 0.717) is 0 Å². The number of anilines is 1. The maximum absolute atomic E-state index is 11.8. The van der Waals surface area contributed by atoms with Crippen molar-refractivity contribution in [3.63, 3.8) is 0 Å². The quantitative estimate of drug-likeness (QED) is 0.620. The second kappa shape index (κ2) is 4.72. The van der Waals surface area contributed by atoms with Crippen molar-refractivity contribution in [3.8, 4) is 0 Å². The summed E-state index contributed by atoms with van der Waals surface area (Å²) in [4.78, 5) is 35.9. The second-order valence-corrected chi connectivity index (χ2v) is 4.87. The van der Waals surface area contributed by atoms with Crippen LogP contribution in [0.25, 0.3) is 0 Å². The number of methoxy groups -OCH3 is 1. The van der Waals surface area contributed by atoms with E-state index in [1.807, 2.05) is 0 Å². The number of hydrogen-bond acceptors (Lipinski definition) is 5. The molecule has 0 saturated carbocycles. The minimum Gasteiger partial charge on any atom is -0.465 e. The van der Waals surface area contributed by atoms with E-state index in [2.05, 4.69) is 4.74 Å². The molecular weight excluding hydrogens is 301 g/mol. The lowest BCUT2D eigenvalue weighted by Crippen LogP contribution is -2.31. The largest absolute Gasteiger partial charge is 0.465 e. The Hall–Kier alpha value is -1.37. The van der Waals surface area contributed by atoms with Gasteiger partial charge in [-0.2, -0.15) is 0 Å². The normalized spacial score (nSPS) is 15.6. The van der Waals surface area contributed by atoms with Crippen molar-refractivity contribution in [2.45, 2.75) is 0 Å². The van der Waals surface area contributed by atoms with Gasteiger partial charge in [0.25, 0.3) is 11.8 Å². The van der Waals surface area contributed by atoms with Gasteiger partial charge in [0.2, 0.25) is 0 Å². The third-order valence-corrected chi connectivity index (χ3v) is 3.91. The van der Waals surface area contributed by atoms with Crippen LogP contribution in [0, 0.1) is 0 Å². The number of thiophene rings is 1. The van der Waals surface area contributed by atoms with Crippen molar-refractivity contribution in [1.82, 2.24) is 0 Å². The summed E-state index contributed by atoms with van der Waals surface area (Å²) in [7, 11) is 1.21. The van der Waals surface area contributed by atoms with Gasteiger partial charge in [0, 0.05) is 0 Å². The Kier molecular flexibility index (Phi) is 3.43. The minimum absolute atomic E-state index is 0.121. The average Bonchev–Trinajstić information content (AvgIpc) is 2.90. The molecule has 1 aliphatic rings. The first kappa shape index (κ1) is 13.1. The Morgan fingerprint density at radius 3 is 2.33 bits per heavy atom. The highest BCUT2D eigenvalue weighted by Gasteiger charge is 2.40. The third kappa shape index (κ3) is 1.82. The number of hydrogen-bond donors (Lipinski definition) is 0. The highest BCUT2D eigenvalue weighted by molar-refractivity contribution is 7.12. The van der Waals surface area contributed by atoms with Crippen molar-refractivity contribution in [1.29, 1.82) is 0 Å². The van der Waals surface area contributed by atoms with E-state index in [9.17, 15) is 14.4 Å². The number of nitrogens with zero attached hydrogens (tertiary/aromatic N) is 1. The Balaban J connectivity index is 2.47. The zero-order chi connectivity index (χ0) is 13.4. The number of esters is 1. The highest BCUT2D eigenvalue weighted by Crippen LogP contribution is 2.35. The lowest BCUT2D eigenvalue weighted by Gasteiger charge is -2.13. The summed E-state index contributed by atoms with van der Waals surface area (Å²) >= 11 is 12.3. The van der Waals surface area contributed by atoms with Gasteiger partial charge in [0.1, 0.15) is 14.9 Å². The van der Waals surface area contributed by atoms with Gasteiger partial charge in [-0.3, -0.25) is 9.59 Å². The first-order valence-corrected chi connectivity index (χ1v) is 6.22. The summed E-state index contributed by atoms with van der Waals surface area (Å²) in [5.74, 6) is -2.15. The van der Waals surface area contributed by atoms with Gasteiger partial charge >= 0.3 is 5.97 Å². The van der Waals surface area contributed by atoms with Crippen LogP contribution in [-0.4, -0.2) is 24.9 Å². The molecule has 5 nitrogen and oxygen atoms in total. The molecule has 8 heteroatoms. The lowest BCUT2D eigenvalue weighted by atomic mass is 10.3. The fourth-order valence-corrected chi connectivity index (χ4v) is 2.54. The van der Waals surface area contributed by atoms with Crippen LogP contribution in [0.15, 0.2) is 21.5 Å². The molecule has 0 saturated heterocycles. The predicted molar refractivity (Wildman–Crippen MR) is 66.9 cm³/mol. The zero-order valence-corrected chi connectivity index (χ0v) is 11.2. The molecule has 0 fully saturated rings. The minimum atomic E-state index is -0.754. The van der Waals surface area contributed by atoms with E-state index < -0.39 is 17.8 Å². The molecule has 0 unspecified atom stereocenters. The van der Waals surface area contributed by atoms with Gasteiger partial charge in [-0.05, 0) is 11.4 Å². The van der Waals surface area contributed by atoms with E-state index in [0.717, 1.165) is 16.2 Å². The summed E-state index contributed by atoms with van der Waals surface area (Å²) in [6.45, 7) is 0. The number of halogens is 2. The first-order valence-electron chi connectivity index (χ1n) is 4.59. The molecule has 2 amide bonds. The van der Waals surface area contributed by atoms with E-state index in [1.165, 1.54) is 13.2 Å². The van der Waals surface area contributed by atoms with Crippen molar-refractivity contribution >= 4 is 58.0 Å². The van der Waals surface area contributed by atoms with Crippen LogP contribution in [-0.2, 0) is 14.3 Å². The van der Waals surface area contributed by atoms with Crippen molar-refractivity contribution in [3.05, 3.63) is 26.4 Å². The molecule has 0 spiro atoms. The summed E-state index contributed by atoms with van der Waals surface area (Å²) in [6, 6.07) is 1.45. The molecule has 0 radical (unpaired) electrons. The van der Waals surface area contributed by atoms with E-state index in [4.69, 9.17) is 23.2 Å². The van der Waals surface area contributed by atoms with Crippen LogP contribution >= 0.6 is 34.5 Å². The maximum atomic E-state index is 11.8. The molecule has 0 atom stereocenters. The maximum Gasteiger partial charge on any atom is 0.350 e. The number of rotatable bonds is 2. The molecule has 2 heterocycles. The standard InChI is InChI=1S/C10H5Cl2NO4S/c1-17-10(16)7-4(2-3-18-7)13-8(14)5(11)6(12)9(13)15/h2-3H,1H3. The number of carbonyl (C=O) groups excluding carboxylic acids is 3. The van der Waals surface area contributed by atoms with Gasteiger partial charge < -0.3 is 4.74 Å². The summed E-state index contributed by atoms with van der Waals surface area (Å²) in [6.07, 6.45) is 0. The van der Waals surface area contributed by atoms with Crippen molar-refractivity contribution in [2.75, 3.05) is 12.0 Å². The topological polar surface area (TPSA) is 63.7 Å². The lowest BCUT2D eigenvalue weighted by molar-refractivity contribution is -0.120. The summed E-state index contributed by atoms with van der Waals surface area (Å²) in [5.41, 5.74) is 0.121.